The van der Waals surface area contributed by atoms with Gasteiger partial charge in [0.25, 0.3) is 0 Å². The van der Waals surface area contributed by atoms with Crippen LogP contribution in [0.25, 0.3) is 0 Å². The Morgan fingerprint density at radius 3 is 2.09 bits per heavy atom. The van der Waals surface area contributed by atoms with Crippen LogP contribution in [0.4, 0.5) is 0 Å². The second kappa shape index (κ2) is 6.75. The minimum absolute atomic E-state index is 0.0213. The number of ether oxygens (including phenoxy) is 1. The first kappa shape index (κ1) is 16.2. The summed E-state index contributed by atoms with van der Waals surface area (Å²) in [6, 6.07) is 11.2. The fourth-order valence-corrected chi connectivity index (χ4v) is 2.45. The number of benzene rings is 2. The molecule has 1 N–H and O–H groups in total. The number of carbonyl (C=O) groups excluding carboxylic acids is 1. The van der Waals surface area contributed by atoms with E-state index >= 15 is 0 Å². The highest BCUT2D eigenvalue weighted by molar-refractivity contribution is 5.91. The molecule has 0 spiro atoms. The van der Waals surface area contributed by atoms with Crippen LogP contribution in [0.2, 0.25) is 0 Å². The van der Waals surface area contributed by atoms with E-state index in [0.29, 0.717) is 17.2 Å². The summed E-state index contributed by atoms with van der Waals surface area (Å²) >= 11 is 0. The summed E-state index contributed by atoms with van der Waals surface area (Å²) in [6.07, 6.45) is 0. The molecule has 2 aromatic carbocycles. The van der Waals surface area contributed by atoms with Crippen molar-refractivity contribution in [3.8, 4) is 5.75 Å². The first-order chi connectivity index (χ1) is 10.4. The second-order valence-electron chi connectivity index (χ2n) is 5.88. The fraction of sp³-hybridized carbons (Fsp3) is 0.316. The molecule has 0 aliphatic rings. The van der Waals surface area contributed by atoms with Crippen LogP contribution < -0.4 is 4.74 Å². The Bertz CT molecular complexity index is 647. The minimum atomic E-state index is -0.363. The van der Waals surface area contributed by atoms with E-state index in [0.717, 1.165) is 16.7 Å². The number of aliphatic hydroxyl groups excluding tert-OH is 1. The lowest BCUT2D eigenvalue weighted by Gasteiger charge is -2.12. The number of esters is 1. The molecule has 22 heavy (non-hydrogen) atoms. The number of aliphatic hydroxyl groups is 1. The Labute approximate surface area is 131 Å². The quantitative estimate of drug-likeness (QED) is 0.681. The molecule has 0 bridgehead atoms. The van der Waals surface area contributed by atoms with Gasteiger partial charge in [-0.05, 0) is 54.2 Å². The van der Waals surface area contributed by atoms with Crippen molar-refractivity contribution in [3.05, 3.63) is 64.2 Å². The van der Waals surface area contributed by atoms with Crippen molar-refractivity contribution in [2.45, 2.75) is 40.2 Å². The van der Waals surface area contributed by atoms with Crippen LogP contribution in [-0.2, 0) is 6.61 Å². The maximum absolute atomic E-state index is 12.3. The Morgan fingerprint density at radius 1 is 1.09 bits per heavy atom. The van der Waals surface area contributed by atoms with E-state index in [1.165, 1.54) is 5.56 Å². The normalized spacial score (nSPS) is 10.8. The summed E-state index contributed by atoms with van der Waals surface area (Å²) < 4.78 is 5.54. The average molecular weight is 298 g/mol. The molecule has 116 valence electrons. The lowest BCUT2D eigenvalue weighted by Crippen LogP contribution is -2.10. The van der Waals surface area contributed by atoms with Crippen LogP contribution in [0.15, 0.2) is 36.4 Å². The maximum Gasteiger partial charge on any atom is 0.343 e. The summed E-state index contributed by atoms with van der Waals surface area (Å²) in [5.41, 5.74) is 4.23. The molecule has 0 atom stereocenters. The molecule has 0 saturated carbocycles. The van der Waals surface area contributed by atoms with Crippen LogP contribution in [0, 0.1) is 13.8 Å². The summed E-state index contributed by atoms with van der Waals surface area (Å²) in [5.74, 6) is 0.633. The number of carbonyl (C=O) groups is 1. The Morgan fingerprint density at radius 2 is 1.64 bits per heavy atom. The molecule has 0 amide bonds. The Balaban J connectivity index is 2.22. The van der Waals surface area contributed by atoms with Crippen LogP contribution in [0.1, 0.15) is 52.4 Å². The average Bonchev–Trinajstić information content (AvgIpc) is 2.50. The topological polar surface area (TPSA) is 46.5 Å². The molecule has 0 saturated heterocycles. The van der Waals surface area contributed by atoms with Gasteiger partial charge >= 0.3 is 5.97 Å². The molecule has 0 aliphatic heterocycles. The highest BCUT2D eigenvalue weighted by Crippen LogP contribution is 2.26. The molecule has 2 rings (SSSR count). The zero-order valence-corrected chi connectivity index (χ0v) is 13.5. The van der Waals surface area contributed by atoms with Gasteiger partial charge in [-0.2, -0.15) is 0 Å². The third kappa shape index (κ3) is 3.55. The Hall–Kier alpha value is -2.13. The van der Waals surface area contributed by atoms with Crippen molar-refractivity contribution >= 4 is 5.97 Å². The van der Waals surface area contributed by atoms with Gasteiger partial charge in [0, 0.05) is 0 Å². The van der Waals surface area contributed by atoms with Crippen molar-refractivity contribution in [3.63, 3.8) is 0 Å². The van der Waals surface area contributed by atoms with Crippen molar-refractivity contribution in [2.75, 3.05) is 0 Å². The van der Waals surface area contributed by atoms with Crippen LogP contribution in [0.3, 0.4) is 0 Å². The van der Waals surface area contributed by atoms with Crippen molar-refractivity contribution < 1.29 is 14.6 Å². The smallest absolute Gasteiger partial charge is 0.343 e. The van der Waals surface area contributed by atoms with Crippen LogP contribution >= 0.6 is 0 Å². The summed E-state index contributed by atoms with van der Waals surface area (Å²) in [6.45, 7) is 7.95. The van der Waals surface area contributed by atoms with Crippen LogP contribution in [-0.4, -0.2) is 11.1 Å². The predicted octanol–water partition coefficient (Wildman–Crippen LogP) is 4.14. The van der Waals surface area contributed by atoms with Gasteiger partial charge in [0.05, 0.1) is 12.2 Å². The first-order valence-electron chi connectivity index (χ1n) is 7.45. The summed E-state index contributed by atoms with van der Waals surface area (Å²) in [7, 11) is 0. The maximum atomic E-state index is 12.3. The van der Waals surface area contributed by atoms with E-state index < -0.39 is 0 Å². The van der Waals surface area contributed by atoms with Gasteiger partial charge in [-0.15, -0.1) is 0 Å². The van der Waals surface area contributed by atoms with Gasteiger partial charge < -0.3 is 9.84 Å². The Kier molecular flexibility index (Phi) is 4.99. The van der Waals surface area contributed by atoms with E-state index in [1.54, 1.807) is 12.1 Å². The third-order valence-electron chi connectivity index (χ3n) is 3.71. The lowest BCUT2D eigenvalue weighted by atomic mass is 10.0. The number of hydrogen-bond donors (Lipinski definition) is 1. The standard InChI is InChI=1S/C19H22O3/c1-12(2)16-5-7-17(8-6-16)19(21)22-18-13(3)9-15(11-20)10-14(18)4/h5-10,12,20H,11H2,1-4H3. The second-order valence-corrected chi connectivity index (χ2v) is 5.88. The van der Waals surface area contributed by atoms with E-state index in [9.17, 15) is 9.90 Å². The molecule has 3 nitrogen and oxygen atoms in total. The number of aryl methyl sites for hydroxylation is 2. The third-order valence-corrected chi connectivity index (χ3v) is 3.71. The largest absolute Gasteiger partial charge is 0.422 e. The molecule has 3 heteroatoms. The summed E-state index contributed by atoms with van der Waals surface area (Å²) in [4.78, 5) is 12.3. The summed E-state index contributed by atoms with van der Waals surface area (Å²) in [5, 5.41) is 9.20. The SMILES string of the molecule is Cc1cc(CO)cc(C)c1OC(=O)c1ccc(C(C)C)cc1. The van der Waals surface area contributed by atoms with Gasteiger partial charge in [-0.25, -0.2) is 4.79 Å². The lowest BCUT2D eigenvalue weighted by molar-refractivity contribution is 0.0732. The first-order valence-corrected chi connectivity index (χ1v) is 7.45. The molecular weight excluding hydrogens is 276 g/mol. The highest BCUT2D eigenvalue weighted by atomic mass is 16.5. The molecular formula is C19H22O3. The van der Waals surface area contributed by atoms with E-state index in [4.69, 9.17) is 4.74 Å². The number of rotatable bonds is 4. The van der Waals surface area contributed by atoms with Crippen molar-refractivity contribution in [1.82, 2.24) is 0 Å². The molecule has 0 aromatic heterocycles. The molecule has 0 aliphatic carbocycles. The van der Waals surface area contributed by atoms with E-state index in [2.05, 4.69) is 13.8 Å². The van der Waals surface area contributed by atoms with Gasteiger partial charge in [-0.3, -0.25) is 0 Å². The van der Waals surface area contributed by atoms with E-state index in [1.807, 2.05) is 38.1 Å². The number of hydrogen-bond acceptors (Lipinski definition) is 3. The van der Waals surface area contributed by atoms with Gasteiger partial charge in [0.1, 0.15) is 5.75 Å². The molecule has 0 heterocycles. The van der Waals surface area contributed by atoms with Crippen molar-refractivity contribution in [2.24, 2.45) is 0 Å². The van der Waals surface area contributed by atoms with Crippen LogP contribution in [0.5, 0.6) is 5.75 Å². The molecule has 0 fully saturated rings. The zero-order chi connectivity index (χ0) is 16.3. The molecule has 2 aromatic rings. The molecule has 0 unspecified atom stereocenters. The predicted molar refractivity (Wildman–Crippen MR) is 87.3 cm³/mol. The highest BCUT2D eigenvalue weighted by Gasteiger charge is 2.13. The zero-order valence-electron chi connectivity index (χ0n) is 13.5. The van der Waals surface area contributed by atoms with E-state index in [-0.39, 0.29) is 12.6 Å². The fourth-order valence-electron chi connectivity index (χ4n) is 2.45. The van der Waals surface area contributed by atoms with Gasteiger partial charge in [0.2, 0.25) is 0 Å². The molecule has 0 radical (unpaired) electrons. The monoisotopic (exact) mass is 298 g/mol. The minimum Gasteiger partial charge on any atom is -0.422 e. The van der Waals surface area contributed by atoms with Gasteiger partial charge in [0.15, 0.2) is 0 Å². The van der Waals surface area contributed by atoms with Gasteiger partial charge in [-0.1, -0.05) is 38.1 Å². The van der Waals surface area contributed by atoms with Crippen molar-refractivity contribution in [1.29, 1.82) is 0 Å².